The Hall–Kier alpha value is -2.47. The van der Waals surface area contributed by atoms with Gasteiger partial charge in [0.05, 0.1) is 22.6 Å². The van der Waals surface area contributed by atoms with Crippen LogP contribution in [0.5, 0.6) is 0 Å². The van der Waals surface area contributed by atoms with Gasteiger partial charge >= 0.3 is 0 Å². The number of benzene rings is 1. The molecule has 0 radical (unpaired) electrons. The number of aromatic nitrogens is 2. The van der Waals surface area contributed by atoms with Gasteiger partial charge in [-0.05, 0) is 50.5 Å². The van der Waals surface area contributed by atoms with E-state index in [9.17, 15) is 9.59 Å². The van der Waals surface area contributed by atoms with Crippen molar-refractivity contribution in [2.45, 2.75) is 32.6 Å². The lowest BCUT2D eigenvalue weighted by Crippen LogP contribution is -2.25. The SMILES string of the molecule is COCCCNC(=O)c1ccc(-n2nc(C)c3c2CCCC3=O)cc1. The maximum Gasteiger partial charge on any atom is 0.251 e. The fourth-order valence-corrected chi connectivity index (χ4v) is 3.20. The smallest absolute Gasteiger partial charge is 0.251 e. The number of methoxy groups -OCH3 is 1. The summed E-state index contributed by atoms with van der Waals surface area (Å²) in [6.07, 6.45) is 3.09. The van der Waals surface area contributed by atoms with E-state index < -0.39 is 0 Å². The van der Waals surface area contributed by atoms with E-state index in [1.165, 1.54) is 0 Å². The van der Waals surface area contributed by atoms with Crippen LogP contribution < -0.4 is 5.32 Å². The zero-order chi connectivity index (χ0) is 17.8. The highest BCUT2D eigenvalue weighted by Gasteiger charge is 2.25. The highest BCUT2D eigenvalue weighted by atomic mass is 16.5. The van der Waals surface area contributed by atoms with Gasteiger partial charge in [0.1, 0.15) is 0 Å². The van der Waals surface area contributed by atoms with Crippen LogP contribution in [0.4, 0.5) is 0 Å². The summed E-state index contributed by atoms with van der Waals surface area (Å²) in [4.78, 5) is 24.2. The summed E-state index contributed by atoms with van der Waals surface area (Å²) in [6, 6.07) is 7.32. The van der Waals surface area contributed by atoms with Crippen LogP contribution in [0, 0.1) is 6.92 Å². The molecule has 1 aliphatic rings. The zero-order valence-electron chi connectivity index (χ0n) is 14.7. The molecule has 0 fully saturated rings. The predicted molar refractivity (Wildman–Crippen MR) is 94.4 cm³/mol. The Morgan fingerprint density at radius 2 is 2.04 bits per heavy atom. The summed E-state index contributed by atoms with van der Waals surface area (Å²) in [6.45, 7) is 3.09. The molecule has 132 valence electrons. The van der Waals surface area contributed by atoms with E-state index in [0.29, 0.717) is 25.1 Å². The second-order valence-corrected chi connectivity index (χ2v) is 6.24. The van der Waals surface area contributed by atoms with Crippen LogP contribution in [-0.2, 0) is 11.2 Å². The van der Waals surface area contributed by atoms with Crippen LogP contribution in [0.2, 0.25) is 0 Å². The van der Waals surface area contributed by atoms with Crippen LogP contribution in [0.1, 0.15) is 51.4 Å². The Kier molecular flexibility index (Phi) is 5.28. The van der Waals surface area contributed by atoms with Crippen molar-refractivity contribution in [1.29, 1.82) is 0 Å². The first-order valence-corrected chi connectivity index (χ1v) is 8.61. The average molecular weight is 341 g/mol. The van der Waals surface area contributed by atoms with Gasteiger partial charge in [0.25, 0.3) is 5.91 Å². The predicted octanol–water partition coefficient (Wildman–Crippen LogP) is 2.47. The molecular weight excluding hydrogens is 318 g/mol. The molecule has 3 rings (SSSR count). The van der Waals surface area contributed by atoms with Gasteiger partial charge in [-0.25, -0.2) is 4.68 Å². The number of hydrogen-bond donors (Lipinski definition) is 1. The summed E-state index contributed by atoms with van der Waals surface area (Å²) in [5.74, 6) is 0.0774. The fraction of sp³-hybridized carbons (Fsp3) is 0.421. The number of nitrogens with zero attached hydrogens (tertiary/aromatic N) is 2. The number of ketones is 1. The minimum atomic E-state index is -0.100. The lowest BCUT2D eigenvalue weighted by atomic mass is 9.94. The second kappa shape index (κ2) is 7.61. The molecule has 1 heterocycles. The number of fused-ring (bicyclic) bond motifs is 1. The van der Waals surface area contributed by atoms with Gasteiger partial charge < -0.3 is 10.1 Å². The van der Waals surface area contributed by atoms with Gasteiger partial charge in [0, 0.05) is 32.2 Å². The quantitative estimate of drug-likeness (QED) is 0.819. The standard InChI is InChI=1S/C19H23N3O3/c1-13-18-16(5-3-6-17(18)23)22(21-13)15-9-7-14(8-10-15)19(24)20-11-4-12-25-2/h7-10H,3-6,11-12H2,1-2H3,(H,20,24). The Morgan fingerprint density at radius 1 is 1.28 bits per heavy atom. The van der Waals surface area contributed by atoms with Gasteiger partial charge in [-0.1, -0.05) is 0 Å². The van der Waals surface area contributed by atoms with Crippen LogP contribution >= 0.6 is 0 Å². The molecule has 1 amide bonds. The van der Waals surface area contributed by atoms with Crippen molar-refractivity contribution >= 4 is 11.7 Å². The number of rotatable bonds is 6. The van der Waals surface area contributed by atoms with Crippen molar-refractivity contribution in [1.82, 2.24) is 15.1 Å². The Bertz CT molecular complexity index is 778. The van der Waals surface area contributed by atoms with Crippen LogP contribution in [0.3, 0.4) is 0 Å². The molecule has 0 unspecified atom stereocenters. The third-order valence-electron chi connectivity index (χ3n) is 4.44. The molecule has 0 bridgehead atoms. The number of ether oxygens (including phenoxy) is 1. The molecule has 6 heteroatoms. The van der Waals surface area contributed by atoms with Gasteiger partial charge in [0.2, 0.25) is 0 Å². The largest absolute Gasteiger partial charge is 0.385 e. The van der Waals surface area contributed by atoms with Crippen LogP contribution in [-0.4, -0.2) is 41.7 Å². The monoisotopic (exact) mass is 341 g/mol. The number of hydrogen-bond acceptors (Lipinski definition) is 4. The molecule has 6 nitrogen and oxygen atoms in total. The number of amides is 1. The minimum absolute atomic E-state index is 0.100. The molecule has 1 aromatic heterocycles. The minimum Gasteiger partial charge on any atom is -0.385 e. The van der Waals surface area contributed by atoms with E-state index >= 15 is 0 Å². The molecule has 0 saturated heterocycles. The highest BCUT2D eigenvalue weighted by molar-refractivity contribution is 5.99. The number of nitrogens with one attached hydrogen (secondary N) is 1. The molecule has 1 aliphatic carbocycles. The van der Waals surface area contributed by atoms with Gasteiger partial charge in [-0.2, -0.15) is 5.10 Å². The lowest BCUT2D eigenvalue weighted by molar-refractivity contribution is 0.0946. The molecule has 0 spiro atoms. The summed E-state index contributed by atoms with van der Waals surface area (Å²) in [7, 11) is 1.64. The highest BCUT2D eigenvalue weighted by Crippen LogP contribution is 2.26. The van der Waals surface area contributed by atoms with E-state index in [-0.39, 0.29) is 11.7 Å². The van der Waals surface area contributed by atoms with Crippen molar-refractivity contribution in [2.24, 2.45) is 0 Å². The number of aryl methyl sites for hydroxylation is 1. The fourth-order valence-electron chi connectivity index (χ4n) is 3.20. The van der Waals surface area contributed by atoms with Crippen LogP contribution in [0.25, 0.3) is 5.69 Å². The van der Waals surface area contributed by atoms with Crippen molar-refractivity contribution in [3.8, 4) is 5.69 Å². The maximum atomic E-state index is 12.1. The first kappa shape index (κ1) is 17.4. The van der Waals surface area contributed by atoms with Gasteiger partial charge in [0.15, 0.2) is 5.78 Å². The normalized spacial score (nSPS) is 13.6. The molecular formula is C19H23N3O3. The first-order chi connectivity index (χ1) is 12.1. The maximum absolute atomic E-state index is 12.1. The van der Waals surface area contributed by atoms with E-state index in [0.717, 1.165) is 41.9 Å². The Balaban J connectivity index is 1.76. The summed E-state index contributed by atoms with van der Waals surface area (Å²) in [5, 5.41) is 7.41. The lowest BCUT2D eigenvalue weighted by Gasteiger charge is -2.13. The van der Waals surface area contributed by atoms with Crippen molar-refractivity contribution in [2.75, 3.05) is 20.3 Å². The molecule has 0 aliphatic heterocycles. The summed E-state index contributed by atoms with van der Waals surface area (Å²) >= 11 is 0. The van der Waals surface area contributed by atoms with Crippen LogP contribution in [0.15, 0.2) is 24.3 Å². The molecule has 2 aromatic rings. The van der Waals surface area contributed by atoms with E-state index in [1.54, 1.807) is 19.2 Å². The average Bonchev–Trinajstić information content (AvgIpc) is 2.97. The van der Waals surface area contributed by atoms with Crippen molar-refractivity contribution in [3.63, 3.8) is 0 Å². The molecule has 1 aromatic carbocycles. The number of carbonyl (C=O) groups excluding carboxylic acids is 2. The van der Waals surface area contributed by atoms with Crippen molar-refractivity contribution < 1.29 is 14.3 Å². The molecule has 1 N–H and O–H groups in total. The van der Waals surface area contributed by atoms with Crippen molar-refractivity contribution in [3.05, 3.63) is 46.8 Å². The number of Topliss-reactive ketones (excluding diaryl/α,β-unsaturated/α-hetero) is 1. The van der Waals surface area contributed by atoms with E-state index in [2.05, 4.69) is 10.4 Å². The number of carbonyl (C=O) groups is 2. The zero-order valence-corrected chi connectivity index (χ0v) is 14.7. The molecule has 0 atom stereocenters. The van der Waals surface area contributed by atoms with Gasteiger partial charge in [-0.15, -0.1) is 0 Å². The Labute approximate surface area is 147 Å². The second-order valence-electron chi connectivity index (χ2n) is 6.24. The first-order valence-electron chi connectivity index (χ1n) is 8.61. The third-order valence-corrected chi connectivity index (χ3v) is 4.44. The third kappa shape index (κ3) is 3.64. The van der Waals surface area contributed by atoms with E-state index in [1.807, 2.05) is 23.7 Å². The van der Waals surface area contributed by atoms with E-state index in [4.69, 9.17) is 4.74 Å². The molecule has 0 saturated carbocycles. The molecule has 25 heavy (non-hydrogen) atoms. The summed E-state index contributed by atoms with van der Waals surface area (Å²) in [5.41, 5.74) is 4.00. The topological polar surface area (TPSA) is 73.2 Å². The van der Waals surface area contributed by atoms with Gasteiger partial charge in [-0.3, -0.25) is 9.59 Å². The summed E-state index contributed by atoms with van der Waals surface area (Å²) < 4.78 is 6.80. The Morgan fingerprint density at radius 3 is 2.76 bits per heavy atom.